The van der Waals surface area contributed by atoms with Crippen LogP contribution in [0.4, 0.5) is 0 Å². The fraction of sp³-hybridized carbons (Fsp3) is 0.333. The van der Waals surface area contributed by atoms with Crippen molar-refractivity contribution in [3.05, 3.63) is 48.2 Å². The number of methoxy groups -OCH3 is 3. The maximum absolute atomic E-state index is 8.94. The number of hydrogen-bond acceptors (Lipinski definition) is 5. The molecule has 0 saturated carbocycles. The van der Waals surface area contributed by atoms with Gasteiger partial charge in [0.05, 0.1) is 32.9 Å². The van der Waals surface area contributed by atoms with Gasteiger partial charge in [0.15, 0.2) is 0 Å². The van der Waals surface area contributed by atoms with Crippen molar-refractivity contribution < 1.29 is 14.2 Å². The third kappa shape index (κ3) is 4.27. The Hall–Kier alpha value is -3.26. The number of nitrogens with zero attached hydrogens (tertiary/aromatic N) is 2. The Kier molecular flexibility index (Phi) is 6.56. The number of benzene rings is 2. The van der Waals surface area contributed by atoms with E-state index in [-0.39, 0.29) is 5.92 Å². The van der Waals surface area contributed by atoms with E-state index in [1.165, 1.54) is 5.56 Å². The van der Waals surface area contributed by atoms with Gasteiger partial charge in [-0.2, -0.15) is 5.26 Å². The van der Waals surface area contributed by atoms with Crippen molar-refractivity contribution in [3.8, 4) is 34.4 Å². The molecule has 0 N–H and O–H groups in total. The first-order valence-electron chi connectivity index (χ1n) is 9.69. The highest BCUT2D eigenvalue weighted by Crippen LogP contribution is 2.42. The molecular formula is C24H26N2O3. The first kappa shape index (κ1) is 20.5. The maximum atomic E-state index is 8.94. The fourth-order valence-corrected chi connectivity index (χ4v) is 3.71. The van der Waals surface area contributed by atoms with Crippen LogP contribution in [0.25, 0.3) is 22.0 Å². The van der Waals surface area contributed by atoms with Gasteiger partial charge in [-0.25, -0.2) is 0 Å². The largest absolute Gasteiger partial charge is 0.497 e. The van der Waals surface area contributed by atoms with Crippen LogP contribution in [0, 0.1) is 11.3 Å². The Morgan fingerprint density at radius 2 is 1.72 bits per heavy atom. The summed E-state index contributed by atoms with van der Waals surface area (Å²) in [7, 11) is 4.96. The van der Waals surface area contributed by atoms with E-state index in [4.69, 9.17) is 24.5 Å². The molecule has 0 aliphatic carbocycles. The molecule has 29 heavy (non-hydrogen) atoms. The van der Waals surface area contributed by atoms with Crippen molar-refractivity contribution in [2.24, 2.45) is 0 Å². The first-order chi connectivity index (χ1) is 14.1. The number of ether oxygens (including phenoxy) is 3. The molecule has 0 amide bonds. The predicted octanol–water partition coefficient (Wildman–Crippen LogP) is 5.72. The number of aromatic nitrogens is 1. The number of fused-ring (bicyclic) bond motifs is 1. The minimum atomic E-state index is 0.230. The van der Waals surface area contributed by atoms with E-state index in [1.807, 2.05) is 42.6 Å². The van der Waals surface area contributed by atoms with Gasteiger partial charge in [-0.05, 0) is 42.0 Å². The molecular weight excluding hydrogens is 364 g/mol. The van der Waals surface area contributed by atoms with Crippen LogP contribution in [0.5, 0.6) is 17.2 Å². The Balaban J connectivity index is 2.23. The molecule has 0 aliphatic rings. The lowest BCUT2D eigenvalue weighted by Crippen LogP contribution is -2.02. The van der Waals surface area contributed by atoms with Gasteiger partial charge in [0.25, 0.3) is 0 Å². The van der Waals surface area contributed by atoms with Gasteiger partial charge in [-0.15, -0.1) is 0 Å². The van der Waals surface area contributed by atoms with Crippen molar-refractivity contribution in [3.63, 3.8) is 0 Å². The topological polar surface area (TPSA) is 64.4 Å². The summed E-state index contributed by atoms with van der Waals surface area (Å²) in [5.41, 5.74) is 4.14. The van der Waals surface area contributed by atoms with Crippen molar-refractivity contribution in [2.75, 3.05) is 21.3 Å². The smallest absolute Gasteiger partial charge is 0.132 e. The van der Waals surface area contributed by atoms with Crippen molar-refractivity contribution in [1.29, 1.82) is 5.26 Å². The molecule has 1 heterocycles. The van der Waals surface area contributed by atoms with Gasteiger partial charge >= 0.3 is 0 Å². The number of nitriles is 1. The summed E-state index contributed by atoms with van der Waals surface area (Å²) in [6, 6.07) is 14.1. The van der Waals surface area contributed by atoms with E-state index in [2.05, 4.69) is 13.0 Å². The summed E-state index contributed by atoms with van der Waals surface area (Å²) in [6.07, 6.45) is 4.22. The van der Waals surface area contributed by atoms with Gasteiger partial charge in [-0.3, -0.25) is 4.98 Å². The second-order valence-corrected chi connectivity index (χ2v) is 6.99. The molecule has 0 bridgehead atoms. The summed E-state index contributed by atoms with van der Waals surface area (Å²) < 4.78 is 16.4. The molecule has 1 aromatic heterocycles. The van der Waals surface area contributed by atoms with E-state index >= 15 is 0 Å². The van der Waals surface area contributed by atoms with E-state index < -0.39 is 0 Å². The number of rotatable bonds is 8. The summed E-state index contributed by atoms with van der Waals surface area (Å²) in [5, 5.41) is 9.93. The number of pyridine rings is 1. The molecule has 1 unspecified atom stereocenters. The van der Waals surface area contributed by atoms with Gasteiger partial charge in [0.2, 0.25) is 0 Å². The van der Waals surface area contributed by atoms with Gasteiger partial charge in [-0.1, -0.05) is 19.1 Å². The van der Waals surface area contributed by atoms with Crippen LogP contribution in [0.3, 0.4) is 0 Å². The van der Waals surface area contributed by atoms with Crippen molar-refractivity contribution in [1.82, 2.24) is 4.98 Å². The Bertz CT molecular complexity index is 1020. The lowest BCUT2D eigenvalue weighted by molar-refractivity contribution is 0.397. The van der Waals surface area contributed by atoms with Crippen LogP contribution in [-0.4, -0.2) is 26.3 Å². The van der Waals surface area contributed by atoms with Gasteiger partial charge in [0.1, 0.15) is 17.2 Å². The zero-order chi connectivity index (χ0) is 20.8. The minimum Gasteiger partial charge on any atom is -0.497 e. The average Bonchev–Trinajstić information content (AvgIpc) is 2.77. The van der Waals surface area contributed by atoms with Crippen LogP contribution in [0.1, 0.15) is 37.7 Å². The lowest BCUT2D eigenvalue weighted by Gasteiger charge is -2.21. The Morgan fingerprint density at radius 1 is 1.00 bits per heavy atom. The van der Waals surface area contributed by atoms with Crippen LogP contribution >= 0.6 is 0 Å². The number of hydrogen-bond donors (Lipinski definition) is 0. The molecule has 0 aliphatic heterocycles. The van der Waals surface area contributed by atoms with E-state index in [0.29, 0.717) is 12.2 Å². The highest BCUT2D eigenvalue weighted by atomic mass is 16.5. The lowest BCUT2D eigenvalue weighted by atomic mass is 9.86. The van der Waals surface area contributed by atoms with Gasteiger partial charge in [0, 0.05) is 35.7 Å². The van der Waals surface area contributed by atoms with Crippen LogP contribution in [0.15, 0.2) is 42.6 Å². The van der Waals surface area contributed by atoms with E-state index in [9.17, 15) is 0 Å². The molecule has 3 aromatic rings. The quantitative estimate of drug-likeness (QED) is 0.460. The molecule has 5 heteroatoms. The summed E-state index contributed by atoms with van der Waals surface area (Å²) in [4.78, 5) is 4.71. The number of unbranched alkanes of at least 4 members (excludes halogenated alkanes) is 1. The predicted molar refractivity (Wildman–Crippen MR) is 115 cm³/mol. The second kappa shape index (κ2) is 9.29. The normalized spacial score (nSPS) is 11.7. The zero-order valence-corrected chi connectivity index (χ0v) is 17.4. The van der Waals surface area contributed by atoms with Crippen molar-refractivity contribution in [2.45, 2.75) is 32.1 Å². The second-order valence-electron chi connectivity index (χ2n) is 6.99. The molecule has 1 atom stereocenters. The molecule has 2 aromatic carbocycles. The molecule has 5 nitrogen and oxygen atoms in total. The van der Waals surface area contributed by atoms with Crippen LogP contribution in [-0.2, 0) is 0 Å². The molecule has 0 fully saturated rings. The SMILES string of the molecule is COc1ccc(-c2cnc3cc(OC)cc(OC)c3c2C(C)CCCC#N)cc1. The maximum Gasteiger partial charge on any atom is 0.132 e. The Morgan fingerprint density at radius 3 is 2.34 bits per heavy atom. The Labute approximate surface area is 171 Å². The third-order valence-corrected chi connectivity index (χ3v) is 5.22. The molecule has 3 rings (SSSR count). The summed E-state index contributed by atoms with van der Waals surface area (Å²) >= 11 is 0. The van der Waals surface area contributed by atoms with E-state index in [1.54, 1.807) is 21.3 Å². The van der Waals surface area contributed by atoms with Crippen LogP contribution in [0.2, 0.25) is 0 Å². The highest BCUT2D eigenvalue weighted by Gasteiger charge is 2.20. The summed E-state index contributed by atoms with van der Waals surface area (Å²) in [6.45, 7) is 2.20. The van der Waals surface area contributed by atoms with Gasteiger partial charge < -0.3 is 14.2 Å². The summed E-state index contributed by atoms with van der Waals surface area (Å²) in [5.74, 6) is 2.49. The minimum absolute atomic E-state index is 0.230. The molecule has 0 spiro atoms. The van der Waals surface area contributed by atoms with Crippen LogP contribution < -0.4 is 14.2 Å². The molecule has 0 radical (unpaired) electrons. The van der Waals surface area contributed by atoms with Crippen molar-refractivity contribution >= 4 is 10.9 Å². The van der Waals surface area contributed by atoms with E-state index in [0.717, 1.165) is 46.4 Å². The first-order valence-corrected chi connectivity index (χ1v) is 9.69. The molecule has 150 valence electrons. The highest BCUT2D eigenvalue weighted by molar-refractivity contribution is 5.95. The third-order valence-electron chi connectivity index (χ3n) is 5.22. The fourth-order valence-electron chi connectivity index (χ4n) is 3.71. The molecule has 0 saturated heterocycles. The standard InChI is InChI=1S/C24H26N2O3/c1-16(7-5-6-12-25)23-20(17-8-10-18(27-2)11-9-17)15-26-21-13-19(28-3)14-22(29-4)24(21)23/h8-11,13-16H,5-7H2,1-4H3. The monoisotopic (exact) mass is 390 g/mol. The average molecular weight is 390 g/mol. The zero-order valence-electron chi connectivity index (χ0n) is 17.4.